The number of ether oxygens (including phenoxy) is 1. The molecule has 0 aliphatic rings. The molecule has 38 heavy (non-hydrogen) atoms. The summed E-state index contributed by atoms with van der Waals surface area (Å²) in [5, 5.41) is 11.2. The molecule has 0 aliphatic carbocycles. The second kappa shape index (κ2) is 28.1. The van der Waals surface area contributed by atoms with Crippen LogP contribution in [0.1, 0.15) is 58.9 Å². The number of rotatable bonds is 13. The van der Waals surface area contributed by atoms with Crippen molar-refractivity contribution in [3.05, 3.63) is 29.8 Å². The Labute approximate surface area is 227 Å². The molecule has 1 aromatic carbocycles. The maximum Gasteiger partial charge on any atom is 0.404 e. The van der Waals surface area contributed by atoms with Crippen molar-refractivity contribution in [2.45, 2.75) is 66.0 Å². The fourth-order valence-electron chi connectivity index (χ4n) is 2.41. The summed E-state index contributed by atoms with van der Waals surface area (Å²) in [4.78, 5) is 52.0. The molecule has 0 aliphatic heterocycles. The lowest BCUT2D eigenvalue weighted by molar-refractivity contribution is -0.124. The Bertz CT molecular complexity index is 757. The second-order valence-corrected chi connectivity index (χ2v) is 8.20. The summed E-state index contributed by atoms with van der Waals surface area (Å²) in [6.07, 6.45) is 3.88. The number of aldehydes is 1. The van der Waals surface area contributed by atoms with E-state index >= 15 is 0 Å². The smallest absolute Gasteiger partial charge is 0.404 e. The Morgan fingerprint density at radius 2 is 1.55 bits per heavy atom. The van der Waals surface area contributed by atoms with Crippen molar-refractivity contribution in [2.24, 2.45) is 17.4 Å². The van der Waals surface area contributed by atoms with Crippen molar-refractivity contribution in [3.63, 3.8) is 0 Å². The molecule has 0 spiro atoms. The first-order chi connectivity index (χ1) is 18.1. The van der Waals surface area contributed by atoms with E-state index in [1.807, 2.05) is 27.8 Å². The first-order valence-electron chi connectivity index (χ1n) is 12.6. The summed E-state index contributed by atoms with van der Waals surface area (Å²) >= 11 is 0. The predicted molar refractivity (Wildman–Crippen MR) is 150 cm³/mol. The van der Waals surface area contributed by atoms with Crippen LogP contribution in [0.25, 0.3) is 0 Å². The van der Waals surface area contributed by atoms with Gasteiger partial charge in [0.1, 0.15) is 12.9 Å². The molecule has 1 atom stereocenters. The first kappa shape index (κ1) is 39.0. The van der Waals surface area contributed by atoms with E-state index in [0.717, 1.165) is 31.2 Å². The minimum absolute atomic E-state index is 0.0207. The van der Waals surface area contributed by atoms with Crippen LogP contribution in [-0.4, -0.2) is 63.8 Å². The largest absolute Gasteiger partial charge is 0.445 e. The topological polar surface area (TPSA) is 195 Å². The van der Waals surface area contributed by atoms with Gasteiger partial charge in [-0.3, -0.25) is 14.4 Å². The number of hydrogen-bond donors (Lipinski definition) is 6. The number of unbranched alkanes of at least 4 members (excludes halogenated alkanes) is 1. The van der Waals surface area contributed by atoms with Crippen molar-refractivity contribution in [1.29, 1.82) is 0 Å². The number of benzene rings is 1. The Hall–Kier alpha value is -3.51. The number of amides is 4. The average Bonchev–Trinajstić information content (AvgIpc) is 2.87. The summed E-state index contributed by atoms with van der Waals surface area (Å²) in [6.45, 7) is 9.54. The lowest BCUT2D eigenvalue weighted by Crippen LogP contribution is -2.39. The number of carbonyl (C=O) groups excluding carboxylic acids is 5. The average molecular weight is 541 g/mol. The first-order valence-corrected chi connectivity index (χ1v) is 12.6. The summed E-state index contributed by atoms with van der Waals surface area (Å²) in [7, 11) is 3.66. The normalized spacial score (nSPS) is 10.1. The van der Waals surface area contributed by atoms with Gasteiger partial charge >= 0.3 is 6.09 Å². The van der Waals surface area contributed by atoms with Crippen LogP contribution < -0.4 is 32.7 Å². The minimum atomic E-state index is -0.809. The van der Waals surface area contributed by atoms with Gasteiger partial charge in [0.25, 0.3) is 0 Å². The highest BCUT2D eigenvalue weighted by molar-refractivity contribution is 5.92. The summed E-state index contributed by atoms with van der Waals surface area (Å²) < 4.78 is 4.63. The van der Waals surface area contributed by atoms with E-state index in [2.05, 4.69) is 38.7 Å². The number of nitrogens with two attached hydrogens (primary N) is 2. The SMILES string of the molecule is CCCCC(=O)NC(C=O)C(C)C.CCCNC.CNCC(=O)Nc1ccc(COC(N)=O)cc1.NC=O. The summed E-state index contributed by atoms with van der Waals surface area (Å²) in [5.41, 5.74) is 10.5. The van der Waals surface area contributed by atoms with E-state index < -0.39 is 6.09 Å². The van der Waals surface area contributed by atoms with E-state index in [0.29, 0.717) is 12.1 Å². The molecule has 0 fully saturated rings. The molecule has 12 nitrogen and oxygen atoms in total. The van der Waals surface area contributed by atoms with Gasteiger partial charge in [0.15, 0.2) is 0 Å². The third-order valence-electron chi connectivity index (χ3n) is 4.41. The number of nitrogens with one attached hydrogen (secondary N) is 4. The highest BCUT2D eigenvalue weighted by Crippen LogP contribution is 2.10. The molecular formula is C26H48N6O6. The van der Waals surface area contributed by atoms with Gasteiger partial charge < -0.3 is 42.3 Å². The molecule has 0 radical (unpaired) electrons. The molecule has 8 N–H and O–H groups in total. The fraction of sp³-hybridized carbons (Fsp3) is 0.577. The molecule has 0 heterocycles. The van der Waals surface area contributed by atoms with E-state index in [9.17, 15) is 19.2 Å². The van der Waals surface area contributed by atoms with Crippen molar-refractivity contribution in [2.75, 3.05) is 32.5 Å². The Balaban J connectivity index is -0.000000514. The molecule has 0 aromatic heterocycles. The number of carbonyl (C=O) groups is 5. The zero-order chi connectivity index (χ0) is 29.8. The van der Waals surface area contributed by atoms with E-state index in [1.54, 1.807) is 31.3 Å². The predicted octanol–water partition coefficient (Wildman–Crippen LogP) is 1.67. The van der Waals surface area contributed by atoms with Crippen molar-refractivity contribution < 1.29 is 28.7 Å². The minimum Gasteiger partial charge on any atom is -0.445 e. The van der Waals surface area contributed by atoms with Crippen LogP contribution in [0, 0.1) is 5.92 Å². The van der Waals surface area contributed by atoms with Gasteiger partial charge in [-0.2, -0.15) is 0 Å². The van der Waals surface area contributed by atoms with Crippen molar-refractivity contribution in [1.82, 2.24) is 16.0 Å². The molecular weight excluding hydrogens is 492 g/mol. The van der Waals surface area contributed by atoms with Crippen LogP contribution >= 0.6 is 0 Å². The number of likely N-dealkylation sites (N-methyl/N-ethyl adjacent to an activating group) is 1. The number of hydrogen-bond acceptors (Lipinski definition) is 8. The molecule has 1 unspecified atom stereocenters. The monoisotopic (exact) mass is 540 g/mol. The number of primary amides is 2. The maximum absolute atomic E-state index is 11.3. The molecule has 218 valence electrons. The molecule has 0 saturated carbocycles. The van der Waals surface area contributed by atoms with Crippen LogP contribution in [0.4, 0.5) is 10.5 Å². The van der Waals surface area contributed by atoms with Gasteiger partial charge in [-0.05, 0) is 57.1 Å². The molecule has 1 rings (SSSR count). The van der Waals surface area contributed by atoms with Gasteiger partial charge in [0.2, 0.25) is 18.2 Å². The van der Waals surface area contributed by atoms with E-state index in [4.69, 9.17) is 10.5 Å². The van der Waals surface area contributed by atoms with Crippen LogP contribution in [0.3, 0.4) is 0 Å². The van der Waals surface area contributed by atoms with Crippen molar-refractivity contribution in [3.8, 4) is 0 Å². The highest BCUT2D eigenvalue weighted by Gasteiger charge is 2.14. The summed E-state index contributed by atoms with van der Waals surface area (Å²) in [6, 6.07) is 6.63. The molecule has 0 saturated heterocycles. The van der Waals surface area contributed by atoms with E-state index in [-0.39, 0.29) is 43.3 Å². The van der Waals surface area contributed by atoms with Gasteiger partial charge in [0, 0.05) is 12.1 Å². The second-order valence-electron chi connectivity index (χ2n) is 8.20. The Morgan fingerprint density at radius 1 is 0.974 bits per heavy atom. The van der Waals surface area contributed by atoms with E-state index in [1.165, 1.54) is 6.42 Å². The Kier molecular flexibility index (Phi) is 28.8. The fourth-order valence-corrected chi connectivity index (χ4v) is 2.41. The summed E-state index contributed by atoms with van der Waals surface area (Å²) in [5.74, 6) is 0.0318. The lowest BCUT2D eigenvalue weighted by atomic mass is 10.1. The Morgan fingerprint density at radius 3 is 1.92 bits per heavy atom. The quantitative estimate of drug-likeness (QED) is 0.203. The van der Waals surface area contributed by atoms with Crippen LogP contribution in [0.15, 0.2) is 24.3 Å². The molecule has 1 aromatic rings. The third kappa shape index (κ3) is 27.1. The zero-order valence-corrected chi connectivity index (χ0v) is 23.7. The molecule has 4 amide bonds. The van der Waals surface area contributed by atoms with Gasteiger partial charge in [0.05, 0.1) is 12.6 Å². The third-order valence-corrected chi connectivity index (χ3v) is 4.41. The van der Waals surface area contributed by atoms with Crippen molar-refractivity contribution >= 4 is 36.3 Å². The van der Waals surface area contributed by atoms with Gasteiger partial charge in [-0.25, -0.2) is 4.79 Å². The maximum atomic E-state index is 11.3. The lowest BCUT2D eigenvalue weighted by Gasteiger charge is -2.15. The highest BCUT2D eigenvalue weighted by atomic mass is 16.5. The zero-order valence-electron chi connectivity index (χ0n) is 23.7. The standard InChI is InChI=1S/C11H15N3O3.C10H19NO2.C4H11N.CH3NO/c1-13-6-10(15)14-9-4-2-8(3-5-9)7-17-11(12)16;1-4-5-6-10(13)11-9(7-12)8(2)3;1-3-4-5-2;2-1-3/h2-5,13H,6-7H2,1H3,(H2,12,16)(H,14,15);7-9H,4-6H2,1-3H3,(H,11,13);5H,3-4H2,1-2H3;1H,(H2,2,3). The van der Waals surface area contributed by atoms with Gasteiger partial charge in [-0.15, -0.1) is 0 Å². The van der Waals surface area contributed by atoms with Gasteiger partial charge in [-0.1, -0.05) is 46.2 Å². The van der Waals surface area contributed by atoms with Crippen LogP contribution in [0.2, 0.25) is 0 Å². The molecule has 12 heteroatoms. The molecule has 0 bridgehead atoms. The van der Waals surface area contributed by atoms with Crippen LogP contribution in [0.5, 0.6) is 0 Å². The number of anilines is 1. The van der Waals surface area contributed by atoms with Crippen LogP contribution in [-0.2, 0) is 30.5 Å².